The summed E-state index contributed by atoms with van der Waals surface area (Å²) in [6.45, 7) is 3.97. The molecule has 0 aliphatic rings. The average Bonchev–Trinajstić information content (AvgIpc) is 3.45. The Morgan fingerprint density at radius 3 is 2.67 bits per heavy atom. The van der Waals surface area contributed by atoms with Crippen LogP contribution >= 0.6 is 23.2 Å². The van der Waals surface area contributed by atoms with E-state index in [0.717, 1.165) is 11.3 Å². The molecule has 0 saturated heterocycles. The second kappa shape index (κ2) is 9.04. The highest BCUT2D eigenvalue weighted by Gasteiger charge is 2.23. The van der Waals surface area contributed by atoms with E-state index in [0.29, 0.717) is 33.7 Å². The van der Waals surface area contributed by atoms with E-state index < -0.39 is 10.8 Å². The molecule has 0 unspecified atom stereocenters. The predicted octanol–water partition coefficient (Wildman–Crippen LogP) is 4.25. The van der Waals surface area contributed by atoms with E-state index in [1.807, 2.05) is 13.0 Å². The van der Waals surface area contributed by atoms with Crippen molar-refractivity contribution in [1.29, 1.82) is 0 Å². The molecule has 0 atom stereocenters. The lowest BCUT2D eigenvalue weighted by molar-refractivity contribution is -0.389. The van der Waals surface area contributed by atoms with Crippen molar-refractivity contribution in [1.82, 2.24) is 24.7 Å². The summed E-state index contributed by atoms with van der Waals surface area (Å²) in [4.78, 5) is 23.1. The van der Waals surface area contributed by atoms with Crippen molar-refractivity contribution in [3.8, 4) is 0 Å². The van der Waals surface area contributed by atoms with Crippen LogP contribution in [0.15, 0.2) is 41.1 Å². The van der Waals surface area contributed by atoms with E-state index in [2.05, 4.69) is 20.7 Å². The van der Waals surface area contributed by atoms with Gasteiger partial charge in [-0.25, -0.2) is 0 Å². The Morgan fingerprint density at radius 2 is 1.97 bits per heavy atom. The molecule has 1 aromatic carbocycles. The minimum Gasteiger partial charge on any atom is -0.361 e. The van der Waals surface area contributed by atoms with Crippen molar-refractivity contribution in [2.45, 2.75) is 26.9 Å². The van der Waals surface area contributed by atoms with Crippen molar-refractivity contribution >= 4 is 40.7 Å². The van der Waals surface area contributed by atoms with E-state index >= 15 is 0 Å². The molecule has 4 aromatic rings. The largest absolute Gasteiger partial charge is 0.389 e. The van der Waals surface area contributed by atoms with Gasteiger partial charge in [-0.15, -0.1) is 0 Å². The summed E-state index contributed by atoms with van der Waals surface area (Å²) in [5, 5.41) is 26.7. The van der Waals surface area contributed by atoms with Gasteiger partial charge in [-0.3, -0.25) is 9.48 Å². The van der Waals surface area contributed by atoms with Crippen molar-refractivity contribution in [2.24, 2.45) is 0 Å². The maximum atomic E-state index is 12.9. The summed E-state index contributed by atoms with van der Waals surface area (Å²) in [5.41, 5.74) is 2.12. The molecular formula is C20H17Cl2N7O4. The number of nitrogens with zero attached hydrogens (tertiary/aromatic N) is 6. The first-order valence-corrected chi connectivity index (χ1v) is 10.4. The fourth-order valence-corrected chi connectivity index (χ4v) is 3.64. The van der Waals surface area contributed by atoms with Gasteiger partial charge < -0.3 is 20.0 Å². The molecule has 3 aromatic heterocycles. The van der Waals surface area contributed by atoms with Crippen molar-refractivity contribution < 1.29 is 14.2 Å². The van der Waals surface area contributed by atoms with Crippen LogP contribution in [0.1, 0.15) is 33.1 Å². The molecule has 0 saturated carbocycles. The van der Waals surface area contributed by atoms with Crippen LogP contribution in [0.2, 0.25) is 10.0 Å². The van der Waals surface area contributed by atoms with E-state index in [9.17, 15) is 14.9 Å². The first kappa shape index (κ1) is 22.5. The molecule has 0 bridgehead atoms. The quantitative estimate of drug-likeness (QED) is 0.302. The minimum atomic E-state index is -0.597. The van der Waals surface area contributed by atoms with E-state index in [-0.39, 0.29) is 18.1 Å². The molecule has 1 amide bonds. The fraction of sp³-hybridized carbons (Fsp3) is 0.200. The summed E-state index contributed by atoms with van der Waals surface area (Å²) in [5.74, 6) is -0.101. The Morgan fingerprint density at radius 1 is 1.18 bits per heavy atom. The van der Waals surface area contributed by atoms with Crippen molar-refractivity contribution in [2.75, 3.05) is 5.32 Å². The van der Waals surface area contributed by atoms with E-state index in [1.165, 1.54) is 16.9 Å². The second-order valence-electron chi connectivity index (χ2n) is 7.21. The first-order chi connectivity index (χ1) is 15.7. The molecule has 33 heavy (non-hydrogen) atoms. The number of carbonyl (C=O) groups excluding carboxylic acids is 1. The molecule has 0 radical (unpaired) electrons. The molecule has 0 fully saturated rings. The van der Waals surface area contributed by atoms with Crippen LogP contribution in [0.5, 0.6) is 0 Å². The van der Waals surface area contributed by atoms with Crippen LogP contribution in [-0.2, 0) is 13.1 Å². The Labute approximate surface area is 197 Å². The summed E-state index contributed by atoms with van der Waals surface area (Å²) in [6.07, 6.45) is 1.44. The zero-order chi connectivity index (χ0) is 23.7. The number of nitrogens with one attached hydrogen (secondary N) is 1. The van der Waals surface area contributed by atoms with Gasteiger partial charge in [0.2, 0.25) is 0 Å². The highest BCUT2D eigenvalue weighted by molar-refractivity contribution is 6.35. The molecule has 170 valence electrons. The fourth-order valence-electron chi connectivity index (χ4n) is 3.17. The zero-order valence-electron chi connectivity index (χ0n) is 17.5. The molecule has 0 aliphatic carbocycles. The maximum absolute atomic E-state index is 12.9. The van der Waals surface area contributed by atoms with Gasteiger partial charge in [0, 0.05) is 21.8 Å². The van der Waals surface area contributed by atoms with Gasteiger partial charge in [0.15, 0.2) is 11.5 Å². The number of carbonyl (C=O) groups is 1. The molecule has 3 heterocycles. The number of nitro groups is 1. The van der Waals surface area contributed by atoms with Crippen LogP contribution in [0, 0.1) is 24.0 Å². The Balaban J connectivity index is 1.51. The van der Waals surface area contributed by atoms with Gasteiger partial charge in [-0.1, -0.05) is 34.4 Å². The third-order valence-electron chi connectivity index (χ3n) is 4.89. The van der Waals surface area contributed by atoms with Gasteiger partial charge in [0.1, 0.15) is 5.76 Å². The van der Waals surface area contributed by atoms with Gasteiger partial charge in [0.05, 0.1) is 36.0 Å². The lowest BCUT2D eigenvalue weighted by Crippen LogP contribution is -2.16. The number of rotatable bonds is 7. The lowest BCUT2D eigenvalue weighted by Gasteiger charge is -2.07. The van der Waals surface area contributed by atoms with Crippen LogP contribution < -0.4 is 5.32 Å². The Hall–Kier alpha value is -3.70. The molecule has 0 spiro atoms. The monoisotopic (exact) mass is 489 g/mol. The van der Waals surface area contributed by atoms with Crippen molar-refractivity contribution in [3.05, 3.63) is 85.0 Å². The number of hydrogen-bond donors (Lipinski definition) is 1. The van der Waals surface area contributed by atoms with Crippen LogP contribution in [0.25, 0.3) is 0 Å². The van der Waals surface area contributed by atoms with Gasteiger partial charge in [-0.05, 0) is 36.5 Å². The SMILES string of the molecule is Cc1onc(C(=O)Nc2cc(C)n(Cc3ccc(Cl)cc3Cl)n2)c1Cn1ccc([N+](=O)[O-])n1. The number of amides is 1. The van der Waals surface area contributed by atoms with Gasteiger partial charge in [-0.2, -0.15) is 9.78 Å². The molecular weight excluding hydrogens is 473 g/mol. The number of aromatic nitrogens is 5. The molecule has 1 N–H and O–H groups in total. The standard InChI is InChI=1S/C20H17Cl2N7O4/c1-11-7-17(24-28(11)9-13-3-4-14(21)8-16(13)22)23-20(30)19-15(12(2)33-26-19)10-27-6-5-18(25-27)29(31)32/h3-8H,9-10H2,1-2H3,(H,23,24,30). The topological polar surface area (TPSA) is 134 Å². The average molecular weight is 490 g/mol. The third-order valence-corrected chi connectivity index (χ3v) is 5.48. The highest BCUT2D eigenvalue weighted by Crippen LogP contribution is 2.23. The van der Waals surface area contributed by atoms with Crippen molar-refractivity contribution in [3.63, 3.8) is 0 Å². The number of halogens is 2. The summed E-state index contributed by atoms with van der Waals surface area (Å²) < 4.78 is 8.21. The number of aryl methyl sites for hydroxylation is 2. The highest BCUT2D eigenvalue weighted by atomic mass is 35.5. The number of anilines is 1. The normalized spacial score (nSPS) is 11.0. The van der Waals surface area contributed by atoms with Gasteiger partial charge in [0.25, 0.3) is 5.91 Å². The number of benzene rings is 1. The van der Waals surface area contributed by atoms with Crippen LogP contribution in [-0.4, -0.2) is 35.5 Å². The predicted molar refractivity (Wildman–Crippen MR) is 120 cm³/mol. The lowest BCUT2D eigenvalue weighted by atomic mass is 10.2. The Kier molecular flexibility index (Phi) is 6.16. The van der Waals surface area contributed by atoms with E-state index in [1.54, 1.807) is 29.8 Å². The molecule has 11 nitrogen and oxygen atoms in total. The zero-order valence-corrected chi connectivity index (χ0v) is 19.0. The summed E-state index contributed by atoms with van der Waals surface area (Å²) in [6, 6.07) is 8.19. The minimum absolute atomic E-state index is 0.0404. The molecule has 0 aliphatic heterocycles. The second-order valence-corrected chi connectivity index (χ2v) is 8.06. The number of hydrogen-bond acceptors (Lipinski definition) is 7. The summed E-state index contributed by atoms with van der Waals surface area (Å²) in [7, 11) is 0. The smallest absolute Gasteiger partial charge is 0.361 e. The third kappa shape index (κ3) is 4.89. The first-order valence-electron chi connectivity index (χ1n) is 9.64. The van der Waals surface area contributed by atoms with Gasteiger partial charge >= 0.3 is 5.82 Å². The maximum Gasteiger partial charge on any atom is 0.389 e. The Bertz CT molecular complexity index is 1360. The molecule has 4 rings (SSSR count). The summed E-state index contributed by atoms with van der Waals surface area (Å²) >= 11 is 12.2. The molecule has 13 heteroatoms. The van der Waals surface area contributed by atoms with Crippen LogP contribution in [0.3, 0.4) is 0 Å². The van der Waals surface area contributed by atoms with Crippen LogP contribution in [0.4, 0.5) is 11.6 Å². The van der Waals surface area contributed by atoms with E-state index in [4.69, 9.17) is 27.7 Å².